The summed E-state index contributed by atoms with van der Waals surface area (Å²) < 4.78 is 0. The third-order valence-corrected chi connectivity index (χ3v) is 1.76. The highest BCUT2D eigenvalue weighted by molar-refractivity contribution is 5.11. The van der Waals surface area contributed by atoms with Crippen LogP contribution >= 0.6 is 0 Å². The van der Waals surface area contributed by atoms with Gasteiger partial charge in [-0.15, -0.1) is 0 Å². The minimum absolute atomic E-state index is 0.224. The van der Waals surface area contributed by atoms with Gasteiger partial charge in [0.2, 0.25) is 0 Å². The van der Waals surface area contributed by atoms with E-state index in [4.69, 9.17) is 5.11 Å². The van der Waals surface area contributed by atoms with Gasteiger partial charge >= 0.3 is 0 Å². The maximum Gasteiger partial charge on any atom is 0.0558 e. The van der Waals surface area contributed by atoms with Crippen LogP contribution in [-0.4, -0.2) is 36.8 Å². The monoisotopic (exact) mass is 169 g/mol. The fourth-order valence-electron chi connectivity index (χ4n) is 1.05. The maximum atomic E-state index is 8.67. The van der Waals surface area contributed by atoms with Gasteiger partial charge in [0, 0.05) is 13.1 Å². The second kappa shape index (κ2) is 7.07. The van der Waals surface area contributed by atoms with E-state index >= 15 is 0 Å². The number of nitrogens with zero attached hydrogens (tertiary/aromatic N) is 1. The van der Waals surface area contributed by atoms with Crippen molar-refractivity contribution in [2.24, 2.45) is 0 Å². The lowest BCUT2D eigenvalue weighted by molar-refractivity contribution is 0.229. The minimum Gasteiger partial charge on any atom is -0.395 e. The maximum absolute atomic E-state index is 8.67. The van der Waals surface area contributed by atoms with Crippen molar-refractivity contribution in [1.82, 2.24) is 4.90 Å². The Morgan fingerprint density at radius 3 is 2.67 bits per heavy atom. The molecule has 0 bridgehead atoms. The normalized spacial score (nSPS) is 12.2. The molecule has 0 saturated heterocycles. The molecule has 0 amide bonds. The van der Waals surface area contributed by atoms with Crippen molar-refractivity contribution in [1.29, 1.82) is 0 Å². The summed E-state index contributed by atoms with van der Waals surface area (Å²) in [4.78, 5) is 2.10. The predicted octanol–water partition coefficient (Wildman–Crippen LogP) is 1.43. The standard InChI is InChI=1S/C10H19NO/c1-4-6-10(5-2)9-11(3)7-8-12/h4,6,12H,1,5,7-9H2,2-3H3/b10-6+. The number of hydrogen-bond acceptors (Lipinski definition) is 2. The van der Waals surface area contributed by atoms with Crippen LogP contribution in [0, 0.1) is 0 Å². The van der Waals surface area contributed by atoms with Crippen LogP contribution in [0.4, 0.5) is 0 Å². The zero-order valence-corrected chi connectivity index (χ0v) is 8.08. The van der Waals surface area contributed by atoms with Crippen molar-refractivity contribution in [3.05, 3.63) is 24.3 Å². The first-order valence-electron chi connectivity index (χ1n) is 4.34. The van der Waals surface area contributed by atoms with Gasteiger partial charge in [-0.05, 0) is 13.5 Å². The molecule has 2 nitrogen and oxygen atoms in total. The van der Waals surface area contributed by atoms with Gasteiger partial charge in [-0.2, -0.15) is 0 Å². The van der Waals surface area contributed by atoms with Crippen LogP contribution in [0.5, 0.6) is 0 Å². The summed E-state index contributed by atoms with van der Waals surface area (Å²) in [5.41, 5.74) is 1.35. The van der Waals surface area contributed by atoms with Crippen LogP contribution in [0.1, 0.15) is 13.3 Å². The lowest BCUT2D eigenvalue weighted by atomic mass is 10.2. The summed E-state index contributed by atoms with van der Waals surface area (Å²) in [7, 11) is 2.00. The molecule has 0 aliphatic carbocycles. The number of rotatable bonds is 6. The second-order valence-corrected chi connectivity index (χ2v) is 2.88. The Labute approximate surface area is 75.2 Å². The molecule has 0 aromatic heterocycles. The first kappa shape index (κ1) is 11.4. The van der Waals surface area contributed by atoms with E-state index in [9.17, 15) is 0 Å². The van der Waals surface area contributed by atoms with Crippen molar-refractivity contribution in [2.45, 2.75) is 13.3 Å². The minimum atomic E-state index is 0.224. The molecule has 2 heteroatoms. The van der Waals surface area contributed by atoms with Crippen LogP contribution < -0.4 is 0 Å². The quantitative estimate of drug-likeness (QED) is 0.608. The second-order valence-electron chi connectivity index (χ2n) is 2.88. The van der Waals surface area contributed by atoms with E-state index in [2.05, 4.69) is 18.4 Å². The molecule has 0 spiro atoms. The summed E-state index contributed by atoms with van der Waals surface area (Å²) in [6, 6.07) is 0. The Bertz CT molecular complexity index is 152. The number of aliphatic hydroxyl groups is 1. The van der Waals surface area contributed by atoms with Crippen LogP contribution in [0.3, 0.4) is 0 Å². The Morgan fingerprint density at radius 2 is 2.25 bits per heavy atom. The van der Waals surface area contributed by atoms with E-state index < -0.39 is 0 Å². The van der Waals surface area contributed by atoms with E-state index in [0.717, 1.165) is 19.5 Å². The van der Waals surface area contributed by atoms with Gasteiger partial charge in [-0.1, -0.05) is 31.2 Å². The van der Waals surface area contributed by atoms with Crippen LogP contribution in [0.15, 0.2) is 24.3 Å². The number of allylic oxidation sites excluding steroid dienone is 2. The van der Waals surface area contributed by atoms with Crippen LogP contribution in [0.25, 0.3) is 0 Å². The van der Waals surface area contributed by atoms with E-state index in [0.29, 0.717) is 0 Å². The number of hydrogen-bond donors (Lipinski definition) is 1. The Morgan fingerprint density at radius 1 is 1.58 bits per heavy atom. The summed E-state index contributed by atoms with van der Waals surface area (Å²) in [6.07, 6.45) is 4.89. The van der Waals surface area contributed by atoms with Crippen molar-refractivity contribution >= 4 is 0 Å². The molecule has 0 heterocycles. The van der Waals surface area contributed by atoms with Crippen LogP contribution in [-0.2, 0) is 0 Å². The molecule has 70 valence electrons. The topological polar surface area (TPSA) is 23.5 Å². The highest BCUT2D eigenvalue weighted by atomic mass is 16.3. The third kappa shape index (κ3) is 5.10. The molecule has 0 rings (SSSR count). The first-order chi connectivity index (χ1) is 5.74. The summed E-state index contributed by atoms with van der Waals surface area (Å²) >= 11 is 0. The van der Waals surface area contributed by atoms with Gasteiger partial charge in [0.15, 0.2) is 0 Å². The van der Waals surface area contributed by atoms with Crippen molar-refractivity contribution < 1.29 is 5.11 Å². The molecule has 0 atom stereocenters. The van der Waals surface area contributed by atoms with Gasteiger partial charge in [0.25, 0.3) is 0 Å². The fourth-order valence-corrected chi connectivity index (χ4v) is 1.05. The van der Waals surface area contributed by atoms with Crippen molar-refractivity contribution in [3.8, 4) is 0 Å². The van der Waals surface area contributed by atoms with Crippen molar-refractivity contribution in [3.63, 3.8) is 0 Å². The van der Waals surface area contributed by atoms with E-state index in [-0.39, 0.29) is 6.61 Å². The van der Waals surface area contributed by atoms with E-state index in [1.807, 2.05) is 19.2 Å². The Hall–Kier alpha value is -0.600. The molecule has 0 aromatic carbocycles. The lowest BCUT2D eigenvalue weighted by Gasteiger charge is -2.16. The zero-order valence-electron chi connectivity index (χ0n) is 8.08. The molecule has 0 saturated carbocycles. The SMILES string of the molecule is C=C/C=C(\CC)CN(C)CCO. The number of aliphatic hydroxyl groups excluding tert-OH is 1. The van der Waals surface area contributed by atoms with Gasteiger partial charge in [0.1, 0.15) is 0 Å². The van der Waals surface area contributed by atoms with Gasteiger partial charge < -0.3 is 10.0 Å². The lowest BCUT2D eigenvalue weighted by Crippen LogP contribution is -2.24. The summed E-state index contributed by atoms with van der Waals surface area (Å²) in [5.74, 6) is 0. The molecule has 0 aliphatic heterocycles. The molecular weight excluding hydrogens is 150 g/mol. The highest BCUT2D eigenvalue weighted by Gasteiger charge is 1.98. The first-order valence-corrected chi connectivity index (χ1v) is 4.34. The molecule has 0 aliphatic rings. The summed E-state index contributed by atoms with van der Waals surface area (Å²) in [5, 5.41) is 8.67. The van der Waals surface area contributed by atoms with Gasteiger partial charge in [0.05, 0.1) is 6.61 Å². The smallest absolute Gasteiger partial charge is 0.0558 e. The molecule has 0 aromatic rings. The average Bonchev–Trinajstić information content (AvgIpc) is 2.04. The molecule has 1 N–H and O–H groups in total. The zero-order chi connectivity index (χ0) is 9.40. The Balaban J connectivity index is 3.84. The largest absolute Gasteiger partial charge is 0.395 e. The van der Waals surface area contributed by atoms with E-state index in [1.54, 1.807) is 0 Å². The third-order valence-electron chi connectivity index (χ3n) is 1.76. The average molecular weight is 169 g/mol. The van der Waals surface area contributed by atoms with Gasteiger partial charge in [-0.3, -0.25) is 0 Å². The highest BCUT2D eigenvalue weighted by Crippen LogP contribution is 2.02. The van der Waals surface area contributed by atoms with Gasteiger partial charge in [-0.25, -0.2) is 0 Å². The molecule has 0 fully saturated rings. The fraction of sp³-hybridized carbons (Fsp3) is 0.600. The Kier molecular flexibility index (Phi) is 6.72. The van der Waals surface area contributed by atoms with Crippen LogP contribution in [0.2, 0.25) is 0 Å². The predicted molar refractivity (Wildman–Crippen MR) is 53.2 cm³/mol. The molecule has 0 unspecified atom stereocenters. The summed E-state index contributed by atoms with van der Waals surface area (Å²) in [6.45, 7) is 7.66. The molecular formula is C10H19NO. The van der Waals surface area contributed by atoms with Crippen molar-refractivity contribution in [2.75, 3.05) is 26.7 Å². The van der Waals surface area contributed by atoms with E-state index in [1.165, 1.54) is 5.57 Å². The molecule has 12 heavy (non-hydrogen) atoms. The molecule has 0 radical (unpaired) electrons. The number of likely N-dealkylation sites (N-methyl/N-ethyl adjacent to an activating group) is 1.